The molecule has 6 N–H and O–H groups in total. The predicted octanol–water partition coefficient (Wildman–Crippen LogP) is -0.207. The zero-order valence-electron chi connectivity index (χ0n) is 17.0. The van der Waals surface area contributed by atoms with Crippen molar-refractivity contribution in [2.45, 2.75) is 51.7 Å². The molecule has 29 heavy (non-hydrogen) atoms. The maximum atomic E-state index is 12.6. The highest BCUT2D eigenvalue weighted by molar-refractivity contribution is 5.93. The van der Waals surface area contributed by atoms with E-state index in [4.69, 9.17) is 5.73 Å². The molecule has 3 amide bonds. The fourth-order valence-electron chi connectivity index (χ4n) is 2.65. The lowest BCUT2D eigenvalue weighted by atomic mass is 9.98. The van der Waals surface area contributed by atoms with Crippen LogP contribution in [0, 0.1) is 5.92 Å². The van der Waals surface area contributed by atoms with Crippen molar-refractivity contribution in [3.63, 3.8) is 0 Å². The normalized spacial score (nSPS) is 14.8. The van der Waals surface area contributed by atoms with Gasteiger partial charge in [0.1, 0.15) is 18.1 Å². The summed E-state index contributed by atoms with van der Waals surface area (Å²) in [6.45, 7) is 4.87. The van der Waals surface area contributed by atoms with Gasteiger partial charge in [0.15, 0.2) is 0 Å². The summed E-state index contributed by atoms with van der Waals surface area (Å²) in [6.07, 6.45) is 0.742. The van der Waals surface area contributed by atoms with Gasteiger partial charge in [0.2, 0.25) is 17.7 Å². The van der Waals surface area contributed by atoms with Crippen molar-refractivity contribution in [2.24, 2.45) is 11.7 Å². The minimum atomic E-state index is -1.17. The molecule has 0 spiro atoms. The first-order valence-corrected chi connectivity index (χ1v) is 9.56. The molecule has 0 aliphatic heterocycles. The number of aliphatic carboxylic acids is 1. The van der Waals surface area contributed by atoms with Gasteiger partial charge < -0.3 is 26.8 Å². The molecule has 0 aliphatic carbocycles. The lowest BCUT2D eigenvalue weighted by molar-refractivity contribution is -0.142. The van der Waals surface area contributed by atoms with Crippen molar-refractivity contribution < 1.29 is 24.3 Å². The van der Waals surface area contributed by atoms with Crippen molar-refractivity contribution in [1.82, 2.24) is 16.0 Å². The molecular weight excluding hydrogens is 376 g/mol. The third-order valence-corrected chi connectivity index (χ3v) is 4.65. The summed E-state index contributed by atoms with van der Waals surface area (Å²) in [5, 5.41) is 16.9. The molecular formula is C20H30N4O5. The fourth-order valence-corrected chi connectivity index (χ4v) is 2.65. The maximum absolute atomic E-state index is 12.6. The van der Waals surface area contributed by atoms with E-state index in [9.17, 15) is 24.3 Å². The molecule has 1 aromatic rings. The molecule has 0 saturated heterocycles. The highest BCUT2D eigenvalue weighted by Crippen LogP contribution is 2.09. The van der Waals surface area contributed by atoms with E-state index in [1.807, 2.05) is 13.0 Å². The Kier molecular flexibility index (Phi) is 9.81. The predicted molar refractivity (Wildman–Crippen MR) is 108 cm³/mol. The smallest absolute Gasteiger partial charge is 0.326 e. The molecule has 0 fully saturated rings. The van der Waals surface area contributed by atoms with Crippen LogP contribution in [0.2, 0.25) is 0 Å². The topological polar surface area (TPSA) is 151 Å². The Balaban J connectivity index is 2.75. The summed E-state index contributed by atoms with van der Waals surface area (Å²) in [5.41, 5.74) is 6.06. The van der Waals surface area contributed by atoms with E-state index in [2.05, 4.69) is 16.0 Å². The molecule has 0 aromatic heterocycles. The summed E-state index contributed by atoms with van der Waals surface area (Å²) in [5.74, 6) is -2.98. The molecule has 1 aromatic carbocycles. The number of hydrogen-bond donors (Lipinski definition) is 5. The highest BCUT2D eigenvalue weighted by atomic mass is 16.4. The van der Waals surface area contributed by atoms with Gasteiger partial charge in [0, 0.05) is 6.42 Å². The Morgan fingerprint density at radius 1 is 1.00 bits per heavy atom. The van der Waals surface area contributed by atoms with Crippen molar-refractivity contribution in [3.05, 3.63) is 35.9 Å². The second-order valence-corrected chi connectivity index (χ2v) is 6.95. The van der Waals surface area contributed by atoms with Crippen LogP contribution in [0.1, 0.15) is 32.8 Å². The Bertz CT molecular complexity index is 710. The Hall–Kier alpha value is -2.94. The Labute approximate surface area is 170 Å². The highest BCUT2D eigenvalue weighted by Gasteiger charge is 2.29. The number of nitrogens with one attached hydrogen (secondary N) is 3. The van der Waals surface area contributed by atoms with E-state index in [0.717, 1.165) is 5.56 Å². The van der Waals surface area contributed by atoms with Gasteiger partial charge in [-0.05, 0) is 18.4 Å². The minimum Gasteiger partial charge on any atom is -0.480 e. The largest absolute Gasteiger partial charge is 0.480 e. The molecule has 1 rings (SSSR count). The molecule has 0 heterocycles. The first kappa shape index (κ1) is 24.1. The molecule has 0 aliphatic rings. The number of benzene rings is 1. The van der Waals surface area contributed by atoms with E-state index in [0.29, 0.717) is 6.42 Å². The zero-order valence-corrected chi connectivity index (χ0v) is 17.0. The molecule has 0 bridgehead atoms. The van der Waals surface area contributed by atoms with Crippen LogP contribution in [0.3, 0.4) is 0 Å². The summed E-state index contributed by atoms with van der Waals surface area (Å²) in [7, 11) is 0. The number of carbonyl (C=O) groups excluding carboxylic acids is 3. The van der Waals surface area contributed by atoms with Gasteiger partial charge in [-0.1, -0.05) is 50.6 Å². The van der Waals surface area contributed by atoms with Gasteiger partial charge in [-0.15, -0.1) is 0 Å². The number of hydrogen-bond acceptors (Lipinski definition) is 5. The van der Waals surface area contributed by atoms with E-state index < -0.39 is 41.8 Å². The van der Waals surface area contributed by atoms with E-state index in [1.165, 1.54) is 6.92 Å². The van der Waals surface area contributed by atoms with E-state index in [1.54, 1.807) is 31.2 Å². The molecule has 9 heteroatoms. The SMILES string of the molecule is CC[C@H](C)[C@H](NC(=O)CN)C(=O)N[C@@H](C)C(=O)N[C@@H](Cc1ccccc1)C(=O)O. The standard InChI is InChI=1S/C20H30N4O5/c1-4-12(2)17(24-16(25)11-21)19(27)22-13(3)18(26)23-15(20(28)29)10-14-8-6-5-7-9-14/h5-9,12-13,15,17H,4,10-11,21H2,1-3H3,(H,22,27)(H,23,26)(H,24,25)(H,28,29)/t12-,13-,15-,17-/m0/s1. The summed E-state index contributed by atoms with van der Waals surface area (Å²) in [6, 6.07) is 5.95. The minimum absolute atomic E-state index is 0.116. The van der Waals surface area contributed by atoms with Crippen LogP contribution in [-0.4, -0.2) is 53.5 Å². The molecule has 0 unspecified atom stereocenters. The van der Waals surface area contributed by atoms with Gasteiger partial charge in [0.25, 0.3) is 0 Å². The van der Waals surface area contributed by atoms with E-state index >= 15 is 0 Å². The van der Waals surface area contributed by atoms with Crippen LogP contribution in [0.15, 0.2) is 30.3 Å². The second-order valence-electron chi connectivity index (χ2n) is 6.95. The summed E-state index contributed by atoms with van der Waals surface area (Å²) < 4.78 is 0. The molecule has 0 radical (unpaired) electrons. The summed E-state index contributed by atoms with van der Waals surface area (Å²) >= 11 is 0. The van der Waals surface area contributed by atoms with Crippen LogP contribution in [0.5, 0.6) is 0 Å². The third-order valence-electron chi connectivity index (χ3n) is 4.65. The average molecular weight is 406 g/mol. The van der Waals surface area contributed by atoms with E-state index in [-0.39, 0.29) is 18.9 Å². The lowest BCUT2D eigenvalue weighted by Gasteiger charge is -2.25. The van der Waals surface area contributed by atoms with Crippen molar-refractivity contribution in [2.75, 3.05) is 6.54 Å². The van der Waals surface area contributed by atoms with Crippen LogP contribution in [0.25, 0.3) is 0 Å². The van der Waals surface area contributed by atoms with Gasteiger partial charge in [-0.25, -0.2) is 4.79 Å². The van der Waals surface area contributed by atoms with Crippen LogP contribution < -0.4 is 21.7 Å². The second kappa shape index (κ2) is 11.8. The number of nitrogens with two attached hydrogens (primary N) is 1. The first-order valence-electron chi connectivity index (χ1n) is 9.56. The van der Waals surface area contributed by atoms with Crippen molar-refractivity contribution >= 4 is 23.7 Å². The van der Waals surface area contributed by atoms with Gasteiger partial charge in [-0.3, -0.25) is 14.4 Å². The number of carboxylic acids is 1. The van der Waals surface area contributed by atoms with Gasteiger partial charge >= 0.3 is 5.97 Å². The van der Waals surface area contributed by atoms with Gasteiger partial charge in [0.05, 0.1) is 6.54 Å². The first-order chi connectivity index (χ1) is 13.7. The van der Waals surface area contributed by atoms with Crippen LogP contribution in [0.4, 0.5) is 0 Å². The number of carboxylic acid groups (broad SMARTS) is 1. The van der Waals surface area contributed by atoms with Crippen molar-refractivity contribution in [3.8, 4) is 0 Å². The Morgan fingerprint density at radius 2 is 1.62 bits per heavy atom. The molecule has 9 nitrogen and oxygen atoms in total. The van der Waals surface area contributed by atoms with Crippen LogP contribution >= 0.6 is 0 Å². The monoisotopic (exact) mass is 406 g/mol. The number of carbonyl (C=O) groups is 4. The molecule has 160 valence electrons. The zero-order chi connectivity index (χ0) is 22.0. The average Bonchev–Trinajstić information content (AvgIpc) is 2.70. The van der Waals surface area contributed by atoms with Crippen LogP contribution in [-0.2, 0) is 25.6 Å². The lowest BCUT2D eigenvalue weighted by Crippen LogP contribution is -2.57. The third kappa shape index (κ3) is 7.90. The quantitative estimate of drug-likeness (QED) is 0.343. The maximum Gasteiger partial charge on any atom is 0.326 e. The molecule has 0 saturated carbocycles. The number of rotatable bonds is 11. The van der Waals surface area contributed by atoms with Gasteiger partial charge in [-0.2, -0.15) is 0 Å². The number of amides is 3. The molecule has 4 atom stereocenters. The fraction of sp³-hybridized carbons (Fsp3) is 0.500. The summed E-state index contributed by atoms with van der Waals surface area (Å²) in [4.78, 5) is 48.1. The Morgan fingerprint density at radius 3 is 2.14 bits per heavy atom. The van der Waals surface area contributed by atoms with Crippen molar-refractivity contribution in [1.29, 1.82) is 0 Å².